The van der Waals surface area contributed by atoms with E-state index in [0.29, 0.717) is 6.54 Å². The highest BCUT2D eigenvalue weighted by molar-refractivity contribution is 5.46. The van der Waals surface area contributed by atoms with E-state index in [1.54, 1.807) is 0 Å². The maximum absolute atomic E-state index is 8.70. The Balaban J connectivity index is 2.32. The summed E-state index contributed by atoms with van der Waals surface area (Å²) in [6.07, 6.45) is 3.87. The lowest BCUT2D eigenvalue weighted by Crippen LogP contribution is -2.09. The SMILES string of the molecule is CC(C)CCCNc1cc(NCCO)ncn1. The Kier molecular flexibility index (Phi) is 6.32. The molecule has 0 aliphatic heterocycles. The van der Waals surface area contributed by atoms with Crippen LogP contribution in [0, 0.1) is 5.92 Å². The molecule has 96 valence electrons. The molecule has 1 heterocycles. The second-order valence-corrected chi connectivity index (χ2v) is 4.40. The number of hydrogen-bond acceptors (Lipinski definition) is 5. The number of hydrogen-bond donors (Lipinski definition) is 3. The molecule has 5 nitrogen and oxygen atoms in total. The van der Waals surface area contributed by atoms with Crippen molar-refractivity contribution in [3.05, 3.63) is 12.4 Å². The Bertz CT molecular complexity index is 317. The monoisotopic (exact) mass is 238 g/mol. The van der Waals surface area contributed by atoms with Gasteiger partial charge in [-0.05, 0) is 18.8 Å². The number of nitrogens with zero attached hydrogens (tertiary/aromatic N) is 2. The minimum absolute atomic E-state index is 0.0984. The first-order valence-corrected chi connectivity index (χ1v) is 6.13. The van der Waals surface area contributed by atoms with Crippen molar-refractivity contribution in [3.8, 4) is 0 Å². The first-order valence-electron chi connectivity index (χ1n) is 6.13. The molecule has 5 heteroatoms. The fourth-order valence-corrected chi connectivity index (χ4v) is 1.46. The minimum atomic E-state index is 0.0984. The van der Waals surface area contributed by atoms with Crippen LogP contribution in [0.4, 0.5) is 11.6 Å². The van der Waals surface area contributed by atoms with E-state index >= 15 is 0 Å². The Morgan fingerprint density at radius 1 is 1.18 bits per heavy atom. The number of nitrogens with one attached hydrogen (secondary N) is 2. The molecule has 0 atom stereocenters. The summed E-state index contributed by atoms with van der Waals surface area (Å²) >= 11 is 0. The summed E-state index contributed by atoms with van der Waals surface area (Å²) in [6.45, 7) is 5.97. The number of anilines is 2. The van der Waals surface area contributed by atoms with Crippen molar-refractivity contribution in [2.45, 2.75) is 26.7 Å². The topological polar surface area (TPSA) is 70.1 Å². The molecule has 17 heavy (non-hydrogen) atoms. The van der Waals surface area contributed by atoms with E-state index in [2.05, 4.69) is 34.4 Å². The fraction of sp³-hybridized carbons (Fsp3) is 0.667. The highest BCUT2D eigenvalue weighted by Gasteiger charge is 1.98. The van der Waals surface area contributed by atoms with Crippen molar-refractivity contribution in [1.29, 1.82) is 0 Å². The third kappa shape index (κ3) is 6.06. The van der Waals surface area contributed by atoms with Gasteiger partial charge in [0.05, 0.1) is 6.61 Å². The summed E-state index contributed by atoms with van der Waals surface area (Å²) in [5.41, 5.74) is 0. The summed E-state index contributed by atoms with van der Waals surface area (Å²) < 4.78 is 0. The van der Waals surface area contributed by atoms with Crippen molar-refractivity contribution in [2.24, 2.45) is 5.92 Å². The standard InChI is InChI=1S/C12H22N4O/c1-10(2)4-3-5-13-11-8-12(14-6-7-17)16-9-15-11/h8-10,17H,3-7H2,1-2H3,(H2,13,14,15,16). The molecule has 3 N–H and O–H groups in total. The van der Waals surface area contributed by atoms with E-state index in [-0.39, 0.29) is 6.61 Å². The van der Waals surface area contributed by atoms with Crippen LogP contribution in [0.3, 0.4) is 0 Å². The largest absolute Gasteiger partial charge is 0.395 e. The van der Waals surface area contributed by atoms with Crippen LogP contribution < -0.4 is 10.6 Å². The molecule has 0 spiro atoms. The predicted molar refractivity (Wildman–Crippen MR) is 70.2 cm³/mol. The molecule has 1 rings (SSSR count). The molecular formula is C12H22N4O. The molecule has 0 aliphatic rings. The molecule has 0 bridgehead atoms. The lowest BCUT2D eigenvalue weighted by molar-refractivity contribution is 0.311. The van der Waals surface area contributed by atoms with Gasteiger partial charge in [0.25, 0.3) is 0 Å². The van der Waals surface area contributed by atoms with Gasteiger partial charge in [-0.15, -0.1) is 0 Å². The van der Waals surface area contributed by atoms with E-state index in [4.69, 9.17) is 5.11 Å². The Morgan fingerprint density at radius 2 is 1.82 bits per heavy atom. The second kappa shape index (κ2) is 7.84. The lowest BCUT2D eigenvalue weighted by Gasteiger charge is -2.08. The van der Waals surface area contributed by atoms with Gasteiger partial charge >= 0.3 is 0 Å². The highest BCUT2D eigenvalue weighted by Crippen LogP contribution is 2.09. The van der Waals surface area contributed by atoms with Crippen molar-refractivity contribution in [1.82, 2.24) is 9.97 Å². The summed E-state index contributed by atoms with van der Waals surface area (Å²) in [5.74, 6) is 2.30. The molecule has 0 radical (unpaired) electrons. The van der Waals surface area contributed by atoms with Crippen molar-refractivity contribution in [3.63, 3.8) is 0 Å². The third-order valence-corrected chi connectivity index (χ3v) is 2.35. The van der Waals surface area contributed by atoms with Gasteiger partial charge in [-0.1, -0.05) is 13.8 Å². The van der Waals surface area contributed by atoms with Crippen LogP contribution in [0.5, 0.6) is 0 Å². The highest BCUT2D eigenvalue weighted by atomic mass is 16.3. The number of rotatable bonds is 8. The van der Waals surface area contributed by atoms with Crippen LogP contribution in [0.15, 0.2) is 12.4 Å². The van der Waals surface area contributed by atoms with Gasteiger partial charge in [0.2, 0.25) is 0 Å². The van der Waals surface area contributed by atoms with Gasteiger partial charge < -0.3 is 15.7 Å². The molecule has 0 fully saturated rings. The molecule has 0 saturated carbocycles. The van der Waals surface area contributed by atoms with E-state index < -0.39 is 0 Å². The Hall–Kier alpha value is -1.36. The van der Waals surface area contributed by atoms with Crippen molar-refractivity contribution < 1.29 is 5.11 Å². The number of aliphatic hydroxyl groups excluding tert-OH is 1. The maximum atomic E-state index is 8.70. The van der Waals surface area contributed by atoms with Gasteiger partial charge in [-0.3, -0.25) is 0 Å². The molecule has 1 aromatic heterocycles. The van der Waals surface area contributed by atoms with Crippen LogP contribution in [-0.2, 0) is 0 Å². The van der Waals surface area contributed by atoms with Crippen LogP contribution >= 0.6 is 0 Å². The summed E-state index contributed by atoms with van der Waals surface area (Å²) in [7, 11) is 0. The zero-order valence-electron chi connectivity index (χ0n) is 10.6. The molecule has 0 aromatic carbocycles. The second-order valence-electron chi connectivity index (χ2n) is 4.40. The van der Waals surface area contributed by atoms with E-state index in [1.807, 2.05) is 6.07 Å². The molecule has 0 amide bonds. The Morgan fingerprint density at radius 3 is 2.41 bits per heavy atom. The summed E-state index contributed by atoms with van der Waals surface area (Å²) in [6, 6.07) is 1.85. The van der Waals surface area contributed by atoms with Gasteiger partial charge in [0.15, 0.2) is 0 Å². The van der Waals surface area contributed by atoms with Crippen LogP contribution in [-0.4, -0.2) is 34.8 Å². The maximum Gasteiger partial charge on any atom is 0.131 e. The van der Waals surface area contributed by atoms with Gasteiger partial charge in [0.1, 0.15) is 18.0 Å². The minimum Gasteiger partial charge on any atom is -0.395 e. The molecule has 0 aliphatic carbocycles. The lowest BCUT2D eigenvalue weighted by atomic mass is 10.1. The van der Waals surface area contributed by atoms with E-state index in [1.165, 1.54) is 12.7 Å². The van der Waals surface area contributed by atoms with Crippen LogP contribution in [0.25, 0.3) is 0 Å². The van der Waals surface area contributed by atoms with Gasteiger partial charge in [-0.2, -0.15) is 0 Å². The first-order chi connectivity index (χ1) is 8.22. The van der Waals surface area contributed by atoms with Gasteiger partial charge in [-0.25, -0.2) is 9.97 Å². The number of aromatic nitrogens is 2. The zero-order valence-corrected chi connectivity index (χ0v) is 10.6. The summed E-state index contributed by atoms with van der Waals surface area (Å²) in [5, 5.41) is 15.0. The van der Waals surface area contributed by atoms with Crippen molar-refractivity contribution >= 4 is 11.6 Å². The summed E-state index contributed by atoms with van der Waals surface area (Å²) in [4.78, 5) is 8.20. The van der Waals surface area contributed by atoms with E-state index in [0.717, 1.165) is 30.5 Å². The molecular weight excluding hydrogens is 216 g/mol. The smallest absolute Gasteiger partial charge is 0.131 e. The number of aliphatic hydroxyl groups is 1. The molecule has 1 aromatic rings. The first kappa shape index (κ1) is 13.7. The predicted octanol–water partition coefficient (Wildman–Crippen LogP) is 1.73. The third-order valence-electron chi connectivity index (χ3n) is 2.35. The molecule has 0 saturated heterocycles. The van der Waals surface area contributed by atoms with Crippen LogP contribution in [0.2, 0.25) is 0 Å². The zero-order chi connectivity index (χ0) is 12.5. The van der Waals surface area contributed by atoms with Gasteiger partial charge in [0, 0.05) is 19.2 Å². The molecule has 0 unspecified atom stereocenters. The van der Waals surface area contributed by atoms with Crippen LogP contribution in [0.1, 0.15) is 26.7 Å². The average Bonchev–Trinajstić information content (AvgIpc) is 2.32. The quantitative estimate of drug-likeness (QED) is 0.602. The average molecular weight is 238 g/mol. The fourth-order valence-electron chi connectivity index (χ4n) is 1.46. The normalized spacial score (nSPS) is 10.6. The van der Waals surface area contributed by atoms with Crippen molar-refractivity contribution in [2.75, 3.05) is 30.3 Å². The Labute approximate surface area is 103 Å². The van der Waals surface area contributed by atoms with E-state index in [9.17, 15) is 0 Å².